The number of rotatable bonds is 2. The van der Waals surface area contributed by atoms with Gasteiger partial charge in [-0.3, -0.25) is 4.79 Å². The van der Waals surface area contributed by atoms with E-state index in [1.807, 2.05) is 6.92 Å². The Bertz CT molecular complexity index is 1020. The van der Waals surface area contributed by atoms with Crippen LogP contribution >= 0.6 is 0 Å². The third-order valence-electron chi connectivity index (χ3n) is 10.3. The molecule has 0 saturated heterocycles. The lowest BCUT2D eigenvalue weighted by molar-refractivity contribution is -0.134. The first kappa shape index (κ1) is 25.3. The van der Waals surface area contributed by atoms with Crippen molar-refractivity contribution in [3.05, 3.63) is 34.4 Å². The van der Waals surface area contributed by atoms with E-state index in [1.54, 1.807) is 6.07 Å². The van der Waals surface area contributed by atoms with Crippen molar-refractivity contribution < 1.29 is 19.4 Å². The van der Waals surface area contributed by atoms with Crippen LogP contribution in [0.2, 0.25) is 0 Å². The van der Waals surface area contributed by atoms with Crippen LogP contribution in [0.1, 0.15) is 109 Å². The molecule has 4 heteroatoms. The summed E-state index contributed by atoms with van der Waals surface area (Å²) in [7, 11) is 0. The number of fused-ring (bicyclic) bond motifs is 4. The number of hydrogen-bond donors (Lipinski definition) is 2. The van der Waals surface area contributed by atoms with Crippen molar-refractivity contribution in [2.75, 3.05) is 0 Å². The number of halogens is 1. The van der Waals surface area contributed by atoms with E-state index in [9.17, 15) is 19.4 Å². The summed E-state index contributed by atoms with van der Waals surface area (Å²) in [5, 5.41) is 20.8. The highest BCUT2D eigenvalue weighted by Crippen LogP contribution is 2.61. The fraction of sp³-hybridized carbons (Fsp3) is 0.700. The molecule has 2 saturated carbocycles. The van der Waals surface area contributed by atoms with Gasteiger partial charge in [0.05, 0.1) is 0 Å². The van der Waals surface area contributed by atoms with Crippen molar-refractivity contribution in [3.8, 4) is 11.5 Å². The van der Waals surface area contributed by atoms with Gasteiger partial charge >= 0.3 is 6.04 Å². The molecular formula is C30H43FO3. The number of allylic oxidation sites excluding steroid dienone is 2. The molecule has 1 aromatic carbocycles. The fourth-order valence-corrected chi connectivity index (χ4v) is 7.93. The van der Waals surface area contributed by atoms with E-state index in [2.05, 4.69) is 40.7 Å². The number of carbonyl (C=O) groups excluding carboxylic acids is 1. The SMILES string of the molecule is Cc1c(O)c(O)cc2c1CC=C1CCC[C@@]3(C)CC[C@@](C)(CC(=O)F)C[C@H]3C(C)(C)CC[C@]12C. The molecule has 0 amide bonds. The maximum absolute atomic E-state index is 13.5. The Hall–Kier alpha value is -1.84. The Labute approximate surface area is 204 Å². The third kappa shape index (κ3) is 4.20. The lowest BCUT2D eigenvalue weighted by atomic mass is 9.49. The van der Waals surface area contributed by atoms with Gasteiger partial charge in [-0.1, -0.05) is 46.3 Å². The Morgan fingerprint density at radius 1 is 1.06 bits per heavy atom. The summed E-state index contributed by atoms with van der Waals surface area (Å²) in [4.78, 5) is 11.4. The number of phenols is 2. The molecule has 3 aliphatic rings. The first-order chi connectivity index (χ1) is 15.7. The van der Waals surface area contributed by atoms with Crippen LogP contribution in [0.5, 0.6) is 11.5 Å². The summed E-state index contributed by atoms with van der Waals surface area (Å²) >= 11 is 0. The average molecular weight is 471 g/mol. The summed E-state index contributed by atoms with van der Waals surface area (Å²) in [5.41, 5.74) is 4.35. The summed E-state index contributed by atoms with van der Waals surface area (Å²) in [6, 6.07) is 0.626. The first-order valence-electron chi connectivity index (χ1n) is 13.1. The van der Waals surface area contributed by atoms with Crippen molar-refractivity contribution in [3.63, 3.8) is 0 Å². The first-order valence-corrected chi connectivity index (χ1v) is 13.1. The molecule has 188 valence electrons. The van der Waals surface area contributed by atoms with Crippen molar-refractivity contribution in [1.29, 1.82) is 0 Å². The van der Waals surface area contributed by atoms with Crippen LogP contribution in [0.25, 0.3) is 0 Å². The maximum Gasteiger partial charge on any atom is 0.302 e. The summed E-state index contributed by atoms with van der Waals surface area (Å²) in [6.07, 6.45) is 11.4. The molecule has 34 heavy (non-hydrogen) atoms. The molecule has 4 atom stereocenters. The number of phenolic OH excluding ortho intramolecular Hbond substituents is 2. The topological polar surface area (TPSA) is 57.5 Å². The van der Waals surface area contributed by atoms with E-state index in [-0.39, 0.29) is 39.6 Å². The highest BCUT2D eigenvalue weighted by atomic mass is 19.1. The predicted octanol–water partition coefficient (Wildman–Crippen LogP) is 7.84. The van der Waals surface area contributed by atoms with Crippen LogP contribution < -0.4 is 0 Å². The van der Waals surface area contributed by atoms with Gasteiger partial charge in [0, 0.05) is 11.8 Å². The highest BCUT2D eigenvalue weighted by Gasteiger charge is 2.52. The van der Waals surface area contributed by atoms with E-state index >= 15 is 0 Å². The minimum atomic E-state index is -1.18. The summed E-state index contributed by atoms with van der Waals surface area (Å²) in [6.45, 7) is 13.5. The molecule has 0 spiro atoms. The second kappa shape index (κ2) is 8.38. The van der Waals surface area contributed by atoms with Crippen LogP contribution in [0, 0.1) is 29.1 Å². The zero-order valence-electron chi connectivity index (χ0n) is 22.0. The lowest BCUT2D eigenvalue weighted by Crippen LogP contribution is -2.47. The van der Waals surface area contributed by atoms with E-state index in [1.165, 1.54) is 5.57 Å². The number of aromatic hydroxyl groups is 2. The zero-order chi connectivity index (χ0) is 25.1. The molecule has 3 aliphatic carbocycles. The maximum atomic E-state index is 13.5. The Kier molecular flexibility index (Phi) is 6.23. The molecule has 0 bridgehead atoms. The van der Waals surface area contributed by atoms with E-state index in [4.69, 9.17) is 0 Å². The number of benzene rings is 1. The standard InChI is InChI=1S/C30H43FO3/c1-19-21-10-9-20-8-7-11-29(5)14-13-28(4,18-25(31)33)17-24(29)27(2,3)12-15-30(20,6)22(21)16-23(32)26(19)34/h9,16,24,32,34H,7-8,10-15,17-18H2,1-6H3/t24-,28+,29-,30+/m0/s1. The number of hydrogen-bond acceptors (Lipinski definition) is 3. The van der Waals surface area contributed by atoms with Crippen molar-refractivity contribution in [2.45, 2.75) is 111 Å². The largest absolute Gasteiger partial charge is 0.504 e. The Morgan fingerprint density at radius 2 is 1.76 bits per heavy atom. The van der Waals surface area contributed by atoms with Crippen molar-refractivity contribution in [1.82, 2.24) is 0 Å². The molecule has 2 fully saturated rings. The van der Waals surface area contributed by atoms with Gasteiger partial charge in [-0.05, 0) is 110 Å². The monoisotopic (exact) mass is 470 g/mol. The van der Waals surface area contributed by atoms with Gasteiger partial charge < -0.3 is 10.2 Å². The predicted molar refractivity (Wildman–Crippen MR) is 135 cm³/mol. The van der Waals surface area contributed by atoms with Crippen LogP contribution in [0.3, 0.4) is 0 Å². The van der Waals surface area contributed by atoms with Crippen LogP contribution in [-0.4, -0.2) is 16.3 Å². The van der Waals surface area contributed by atoms with Gasteiger partial charge in [-0.2, -0.15) is 4.39 Å². The molecule has 0 radical (unpaired) electrons. The molecule has 0 heterocycles. The zero-order valence-corrected chi connectivity index (χ0v) is 22.0. The average Bonchev–Trinajstić information content (AvgIpc) is 2.74. The lowest BCUT2D eigenvalue weighted by Gasteiger charge is -2.56. The second-order valence-electron chi connectivity index (χ2n) is 13.3. The highest BCUT2D eigenvalue weighted by molar-refractivity contribution is 5.68. The molecule has 0 unspecified atom stereocenters. The quantitative estimate of drug-likeness (QED) is 0.263. The molecule has 1 aromatic rings. The van der Waals surface area contributed by atoms with Crippen molar-refractivity contribution in [2.24, 2.45) is 22.2 Å². The van der Waals surface area contributed by atoms with E-state index in [0.29, 0.717) is 5.92 Å². The van der Waals surface area contributed by atoms with Crippen LogP contribution in [-0.2, 0) is 16.6 Å². The van der Waals surface area contributed by atoms with Gasteiger partial charge in [-0.15, -0.1) is 0 Å². The molecule has 2 N–H and O–H groups in total. The van der Waals surface area contributed by atoms with Crippen LogP contribution in [0.4, 0.5) is 4.39 Å². The molecular weight excluding hydrogens is 427 g/mol. The number of carbonyl (C=O) groups is 1. The summed E-state index contributed by atoms with van der Waals surface area (Å²) in [5.74, 6) is 0.394. The molecule has 3 nitrogen and oxygen atoms in total. The van der Waals surface area contributed by atoms with Crippen molar-refractivity contribution >= 4 is 6.04 Å². The minimum absolute atomic E-state index is 0.000867. The second-order valence-corrected chi connectivity index (χ2v) is 13.3. The third-order valence-corrected chi connectivity index (χ3v) is 10.3. The molecule has 4 rings (SSSR count). The van der Waals surface area contributed by atoms with Crippen LogP contribution in [0.15, 0.2) is 17.7 Å². The van der Waals surface area contributed by atoms with Gasteiger partial charge in [0.1, 0.15) is 0 Å². The van der Waals surface area contributed by atoms with Gasteiger partial charge in [0.2, 0.25) is 0 Å². The van der Waals surface area contributed by atoms with Gasteiger partial charge in [-0.25, -0.2) is 0 Å². The normalized spacial score (nSPS) is 35.4. The molecule has 0 aromatic heterocycles. The van der Waals surface area contributed by atoms with E-state index < -0.39 is 6.04 Å². The van der Waals surface area contributed by atoms with Gasteiger partial charge in [0.15, 0.2) is 11.5 Å². The van der Waals surface area contributed by atoms with E-state index in [0.717, 1.165) is 74.5 Å². The Morgan fingerprint density at radius 3 is 2.44 bits per heavy atom. The smallest absolute Gasteiger partial charge is 0.302 e. The fourth-order valence-electron chi connectivity index (χ4n) is 7.93. The summed E-state index contributed by atoms with van der Waals surface area (Å²) < 4.78 is 13.5. The van der Waals surface area contributed by atoms with Gasteiger partial charge in [0.25, 0.3) is 0 Å². The Balaban J connectivity index is 1.72. The minimum Gasteiger partial charge on any atom is -0.504 e. The molecule has 0 aliphatic heterocycles.